The second kappa shape index (κ2) is 7.14. The fourth-order valence-electron chi connectivity index (χ4n) is 2.38. The normalized spacial score (nSPS) is 17.2. The second-order valence-corrected chi connectivity index (χ2v) is 5.11. The third-order valence-electron chi connectivity index (χ3n) is 3.39. The Kier molecular flexibility index (Phi) is 5.24. The zero-order valence-electron chi connectivity index (χ0n) is 11.9. The molecule has 0 saturated carbocycles. The predicted molar refractivity (Wildman–Crippen MR) is 78.8 cm³/mol. The minimum absolute atomic E-state index is 0.0591. The van der Waals surface area contributed by atoms with Gasteiger partial charge in [-0.25, -0.2) is 0 Å². The van der Waals surface area contributed by atoms with E-state index in [0.717, 1.165) is 32.8 Å². The molecule has 1 atom stereocenters. The molecule has 1 fully saturated rings. The number of nitrogens with one attached hydrogen (secondary N) is 1. The summed E-state index contributed by atoms with van der Waals surface area (Å²) in [6.07, 6.45) is 0.605. The van der Waals surface area contributed by atoms with E-state index in [9.17, 15) is 14.9 Å². The van der Waals surface area contributed by atoms with Crippen LogP contribution in [0.3, 0.4) is 0 Å². The number of rotatable bonds is 6. The van der Waals surface area contributed by atoms with E-state index in [1.54, 1.807) is 12.1 Å². The first-order chi connectivity index (χ1) is 10.1. The molecule has 114 valence electrons. The Morgan fingerprint density at radius 2 is 2.19 bits per heavy atom. The highest BCUT2D eigenvalue weighted by atomic mass is 16.6. The summed E-state index contributed by atoms with van der Waals surface area (Å²) in [4.78, 5) is 23.6. The molecule has 1 heterocycles. The molecule has 0 aromatic heterocycles. The van der Waals surface area contributed by atoms with Crippen molar-refractivity contribution in [2.24, 2.45) is 0 Å². The van der Waals surface area contributed by atoms with Gasteiger partial charge in [0.25, 0.3) is 5.69 Å². The van der Waals surface area contributed by atoms with Crippen LogP contribution >= 0.6 is 0 Å². The van der Waals surface area contributed by atoms with Crippen LogP contribution in [0, 0.1) is 10.1 Å². The quantitative estimate of drug-likeness (QED) is 0.486. The van der Waals surface area contributed by atoms with E-state index in [0.29, 0.717) is 17.5 Å². The highest BCUT2D eigenvalue weighted by molar-refractivity contribution is 5.79. The van der Waals surface area contributed by atoms with Crippen LogP contribution in [0.2, 0.25) is 0 Å². The van der Waals surface area contributed by atoms with Crippen LogP contribution in [0.4, 0.5) is 11.4 Å². The summed E-state index contributed by atoms with van der Waals surface area (Å²) in [5, 5.41) is 14.2. The van der Waals surface area contributed by atoms with Crippen LogP contribution < -0.4 is 5.32 Å². The van der Waals surface area contributed by atoms with E-state index in [-0.39, 0.29) is 11.7 Å². The SMILES string of the molecule is CC(CN1CCOCC1)Nc1ccc(C=O)cc1[N+](=O)[O-]. The van der Waals surface area contributed by atoms with Gasteiger partial charge in [0.05, 0.1) is 18.1 Å². The molecule has 0 aliphatic carbocycles. The fourth-order valence-corrected chi connectivity index (χ4v) is 2.38. The Balaban J connectivity index is 2.03. The van der Waals surface area contributed by atoms with Crippen molar-refractivity contribution in [3.63, 3.8) is 0 Å². The van der Waals surface area contributed by atoms with Crippen molar-refractivity contribution in [3.8, 4) is 0 Å². The van der Waals surface area contributed by atoms with E-state index in [2.05, 4.69) is 10.2 Å². The summed E-state index contributed by atoms with van der Waals surface area (Å²) in [7, 11) is 0. The number of ether oxygens (including phenoxy) is 1. The lowest BCUT2D eigenvalue weighted by molar-refractivity contribution is -0.384. The van der Waals surface area contributed by atoms with Gasteiger partial charge in [0.15, 0.2) is 0 Å². The second-order valence-electron chi connectivity index (χ2n) is 5.11. The van der Waals surface area contributed by atoms with Gasteiger partial charge in [0, 0.05) is 37.3 Å². The van der Waals surface area contributed by atoms with Crippen molar-refractivity contribution in [2.75, 3.05) is 38.2 Å². The van der Waals surface area contributed by atoms with Crippen LogP contribution in [-0.4, -0.2) is 55.0 Å². The van der Waals surface area contributed by atoms with Crippen LogP contribution in [0.1, 0.15) is 17.3 Å². The number of nitro groups is 1. The third-order valence-corrected chi connectivity index (χ3v) is 3.39. The molecule has 1 aromatic rings. The van der Waals surface area contributed by atoms with Crippen molar-refractivity contribution in [2.45, 2.75) is 13.0 Å². The lowest BCUT2D eigenvalue weighted by atomic mass is 10.1. The van der Waals surface area contributed by atoms with E-state index in [4.69, 9.17) is 4.74 Å². The monoisotopic (exact) mass is 293 g/mol. The van der Waals surface area contributed by atoms with Crippen LogP contribution in [0.25, 0.3) is 0 Å². The van der Waals surface area contributed by atoms with Crippen LogP contribution in [0.5, 0.6) is 0 Å². The summed E-state index contributed by atoms with van der Waals surface area (Å²) in [5.74, 6) is 0. The van der Waals surface area contributed by atoms with Crippen molar-refractivity contribution in [3.05, 3.63) is 33.9 Å². The topological polar surface area (TPSA) is 84.7 Å². The standard InChI is InChI=1S/C14H19N3O4/c1-11(9-16-4-6-21-7-5-16)15-13-3-2-12(10-18)8-14(13)17(19)20/h2-3,8,10-11,15H,4-7,9H2,1H3. The Labute approximate surface area is 123 Å². The largest absolute Gasteiger partial charge is 0.379 e. The molecule has 1 saturated heterocycles. The van der Waals surface area contributed by atoms with Crippen molar-refractivity contribution >= 4 is 17.7 Å². The minimum atomic E-state index is -0.475. The lowest BCUT2D eigenvalue weighted by Gasteiger charge is -2.29. The number of anilines is 1. The van der Waals surface area contributed by atoms with Gasteiger partial charge >= 0.3 is 0 Å². The zero-order chi connectivity index (χ0) is 15.2. The van der Waals surface area contributed by atoms with Gasteiger partial charge < -0.3 is 10.1 Å². The number of benzene rings is 1. The molecule has 1 N–H and O–H groups in total. The molecule has 7 nitrogen and oxygen atoms in total. The molecule has 0 spiro atoms. The predicted octanol–water partition coefficient (Wildman–Crippen LogP) is 1.54. The van der Waals surface area contributed by atoms with Crippen molar-refractivity contribution in [1.29, 1.82) is 0 Å². The van der Waals surface area contributed by atoms with Crippen molar-refractivity contribution < 1.29 is 14.5 Å². The van der Waals surface area contributed by atoms with Crippen LogP contribution in [0.15, 0.2) is 18.2 Å². The smallest absolute Gasteiger partial charge is 0.293 e. The zero-order valence-corrected chi connectivity index (χ0v) is 11.9. The van der Waals surface area contributed by atoms with E-state index >= 15 is 0 Å². The molecule has 1 unspecified atom stereocenters. The third kappa shape index (κ3) is 4.24. The molecule has 1 aromatic carbocycles. The molecule has 0 bridgehead atoms. The summed E-state index contributed by atoms with van der Waals surface area (Å²) in [6.45, 7) is 5.96. The number of morpholine rings is 1. The maximum absolute atomic E-state index is 11.1. The number of nitro benzene ring substituents is 1. The van der Waals surface area contributed by atoms with E-state index in [1.807, 2.05) is 6.92 Å². The lowest BCUT2D eigenvalue weighted by Crippen LogP contribution is -2.42. The molecule has 2 rings (SSSR count). The molecule has 0 amide bonds. The molecule has 0 radical (unpaired) electrons. The fraction of sp³-hybridized carbons (Fsp3) is 0.500. The average molecular weight is 293 g/mol. The Morgan fingerprint density at radius 3 is 2.81 bits per heavy atom. The van der Waals surface area contributed by atoms with Gasteiger partial charge in [-0.1, -0.05) is 0 Å². The first-order valence-corrected chi connectivity index (χ1v) is 6.90. The maximum atomic E-state index is 11.1. The number of nitrogens with zero attached hydrogens (tertiary/aromatic N) is 2. The van der Waals surface area contributed by atoms with Gasteiger partial charge in [-0.15, -0.1) is 0 Å². The molecule has 1 aliphatic rings. The van der Waals surface area contributed by atoms with Gasteiger partial charge in [-0.3, -0.25) is 19.8 Å². The summed E-state index contributed by atoms with van der Waals surface area (Å²) in [6, 6.07) is 4.50. The van der Waals surface area contributed by atoms with Gasteiger partial charge in [0.2, 0.25) is 0 Å². The Bertz CT molecular complexity index is 515. The Hall–Kier alpha value is -1.99. The number of hydrogen-bond donors (Lipinski definition) is 1. The van der Waals surface area contributed by atoms with E-state index < -0.39 is 4.92 Å². The number of carbonyl (C=O) groups excluding carboxylic acids is 1. The highest BCUT2D eigenvalue weighted by Crippen LogP contribution is 2.25. The van der Waals surface area contributed by atoms with Crippen molar-refractivity contribution in [1.82, 2.24) is 4.90 Å². The summed E-state index contributed by atoms with van der Waals surface area (Å²) >= 11 is 0. The molecule has 7 heteroatoms. The van der Waals surface area contributed by atoms with E-state index in [1.165, 1.54) is 6.07 Å². The van der Waals surface area contributed by atoms with Crippen LogP contribution in [-0.2, 0) is 4.74 Å². The molecule has 21 heavy (non-hydrogen) atoms. The molecular formula is C14H19N3O4. The number of carbonyl (C=O) groups is 1. The van der Waals surface area contributed by atoms with Gasteiger partial charge in [-0.05, 0) is 19.1 Å². The first-order valence-electron chi connectivity index (χ1n) is 6.90. The van der Waals surface area contributed by atoms with Gasteiger partial charge in [-0.2, -0.15) is 0 Å². The Morgan fingerprint density at radius 1 is 1.48 bits per heavy atom. The van der Waals surface area contributed by atoms with Gasteiger partial charge in [0.1, 0.15) is 12.0 Å². The summed E-state index contributed by atoms with van der Waals surface area (Å²) in [5.41, 5.74) is 0.660. The number of aldehydes is 1. The summed E-state index contributed by atoms with van der Waals surface area (Å²) < 4.78 is 5.29. The average Bonchev–Trinajstić information content (AvgIpc) is 2.48. The first kappa shape index (κ1) is 15.4. The maximum Gasteiger partial charge on any atom is 0.293 e. The molecular weight excluding hydrogens is 274 g/mol. The minimum Gasteiger partial charge on any atom is -0.379 e. The molecule has 1 aliphatic heterocycles. The number of hydrogen-bond acceptors (Lipinski definition) is 6. The highest BCUT2D eigenvalue weighted by Gasteiger charge is 2.18.